The lowest BCUT2D eigenvalue weighted by molar-refractivity contribution is 0.415. The Hall–Kier alpha value is -2.98. The quantitative estimate of drug-likeness (QED) is 0.569. The summed E-state index contributed by atoms with van der Waals surface area (Å²) in [6.45, 7) is 0. The maximum atomic E-state index is 8.95. The predicted octanol–water partition coefficient (Wildman–Crippen LogP) is 2.83. The number of hydrogen-bond donors (Lipinski definition) is 1. The van der Waals surface area contributed by atoms with E-state index in [1.807, 2.05) is 42.5 Å². The molecule has 0 aliphatic carbocycles. The van der Waals surface area contributed by atoms with Crippen molar-refractivity contribution in [1.82, 2.24) is 14.9 Å². The maximum absolute atomic E-state index is 8.95. The van der Waals surface area contributed by atoms with Crippen molar-refractivity contribution in [3.05, 3.63) is 59.7 Å². The fraction of sp³-hybridized carbons (Fsp3) is 0.118. The lowest BCUT2D eigenvalue weighted by atomic mass is 10.2. The van der Waals surface area contributed by atoms with Gasteiger partial charge in [0.2, 0.25) is 5.16 Å². The molecule has 6 nitrogen and oxygen atoms in total. The molecule has 0 fully saturated rings. The Kier molecular flexibility index (Phi) is 4.68. The summed E-state index contributed by atoms with van der Waals surface area (Å²) >= 11 is 1.47. The lowest BCUT2D eigenvalue weighted by Gasteiger charge is -2.05. The Morgan fingerprint density at radius 1 is 1.21 bits per heavy atom. The zero-order valence-corrected chi connectivity index (χ0v) is 13.8. The number of benzene rings is 2. The Morgan fingerprint density at radius 2 is 2.00 bits per heavy atom. The van der Waals surface area contributed by atoms with Crippen molar-refractivity contribution in [2.75, 3.05) is 13.0 Å². The Labute approximate surface area is 143 Å². The number of hydrogen-bond acceptors (Lipinski definition) is 6. The molecule has 24 heavy (non-hydrogen) atoms. The first-order chi connectivity index (χ1) is 11.7. The molecule has 0 aliphatic heterocycles. The van der Waals surface area contributed by atoms with Gasteiger partial charge in [-0.2, -0.15) is 5.26 Å². The highest BCUT2D eigenvalue weighted by molar-refractivity contribution is 7.98. The SMILES string of the molecule is COc1ccc(-c2nnc(SCc3cccc(C#N)c3)n2N)cc1. The highest BCUT2D eigenvalue weighted by Crippen LogP contribution is 2.25. The van der Waals surface area contributed by atoms with Crippen LogP contribution in [0.1, 0.15) is 11.1 Å². The summed E-state index contributed by atoms with van der Waals surface area (Å²) in [5.74, 6) is 8.13. The molecule has 0 saturated heterocycles. The van der Waals surface area contributed by atoms with Crippen LogP contribution in [0.25, 0.3) is 11.4 Å². The first kappa shape index (κ1) is 15.9. The number of nitrogens with two attached hydrogens (primary N) is 1. The van der Waals surface area contributed by atoms with E-state index >= 15 is 0 Å². The zero-order chi connectivity index (χ0) is 16.9. The van der Waals surface area contributed by atoms with E-state index in [4.69, 9.17) is 15.8 Å². The van der Waals surface area contributed by atoms with E-state index in [9.17, 15) is 0 Å². The van der Waals surface area contributed by atoms with Gasteiger partial charge >= 0.3 is 0 Å². The third kappa shape index (κ3) is 3.34. The number of nitrogen functional groups attached to an aromatic ring is 1. The van der Waals surface area contributed by atoms with Gasteiger partial charge in [0.15, 0.2) is 5.82 Å². The summed E-state index contributed by atoms with van der Waals surface area (Å²) in [5, 5.41) is 17.9. The van der Waals surface area contributed by atoms with Gasteiger partial charge in [-0.15, -0.1) is 10.2 Å². The van der Waals surface area contributed by atoms with Gasteiger partial charge in [0.25, 0.3) is 0 Å². The summed E-state index contributed by atoms with van der Waals surface area (Å²) in [6.07, 6.45) is 0. The minimum Gasteiger partial charge on any atom is -0.497 e. The van der Waals surface area contributed by atoms with E-state index in [2.05, 4.69) is 16.3 Å². The van der Waals surface area contributed by atoms with Crippen molar-refractivity contribution >= 4 is 11.8 Å². The second-order valence-corrected chi connectivity index (χ2v) is 5.95. The molecule has 0 atom stereocenters. The molecule has 3 rings (SSSR count). The van der Waals surface area contributed by atoms with Crippen molar-refractivity contribution in [2.45, 2.75) is 10.9 Å². The van der Waals surface area contributed by atoms with Gasteiger partial charge in [-0.1, -0.05) is 23.9 Å². The molecule has 2 N–H and O–H groups in total. The minimum atomic E-state index is 0.589. The normalized spacial score (nSPS) is 10.3. The van der Waals surface area contributed by atoms with E-state index in [0.717, 1.165) is 16.9 Å². The van der Waals surface area contributed by atoms with E-state index in [-0.39, 0.29) is 0 Å². The monoisotopic (exact) mass is 337 g/mol. The van der Waals surface area contributed by atoms with Gasteiger partial charge in [0, 0.05) is 11.3 Å². The Bertz CT molecular complexity index is 883. The van der Waals surface area contributed by atoms with Crippen LogP contribution in [0.5, 0.6) is 5.75 Å². The molecule has 0 aliphatic rings. The third-order valence-corrected chi connectivity index (χ3v) is 4.45. The van der Waals surface area contributed by atoms with Crippen LogP contribution in [0, 0.1) is 11.3 Å². The number of aromatic nitrogens is 3. The molecule has 0 saturated carbocycles. The van der Waals surface area contributed by atoms with Gasteiger partial charge < -0.3 is 10.6 Å². The van der Waals surface area contributed by atoms with Crippen LogP contribution in [0.4, 0.5) is 0 Å². The van der Waals surface area contributed by atoms with Crippen LogP contribution in [0.3, 0.4) is 0 Å². The first-order valence-corrected chi connectivity index (χ1v) is 8.16. The molecule has 3 aromatic rings. The van der Waals surface area contributed by atoms with Crippen molar-refractivity contribution in [3.8, 4) is 23.2 Å². The summed E-state index contributed by atoms with van der Waals surface area (Å²) in [4.78, 5) is 0. The topological polar surface area (TPSA) is 89.8 Å². The molecule has 0 amide bonds. The Balaban J connectivity index is 1.75. The number of nitriles is 1. The van der Waals surface area contributed by atoms with Gasteiger partial charge in [0.05, 0.1) is 18.7 Å². The van der Waals surface area contributed by atoms with Crippen LogP contribution in [-0.4, -0.2) is 22.0 Å². The van der Waals surface area contributed by atoms with E-state index in [1.165, 1.54) is 16.4 Å². The molecule has 1 heterocycles. The molecule has 2 aromatic carbocycles. The number of rotatable bonds is 5. The number of ether oxygens (including phenoxy) is 1. The second-order valence-electron chi connectivity index (χ2n) is 5.01. The Morgan fingerprint density at radius 3 is 2.71 bits per heavy atom. The first-order valence-electron chi connectivity index (χ1n) is 7.18. The molecule has 0 unspecified atom stereocenters. The smallest absolute Gasteiger partial charge is 0.210 e. The highest BCUT2D eigenvalue weighted by Gasteiger charge is 2.12. The van der Waals surface area contributed by atoms with Gasteiger partial charge in [0.1, 0.15) is 5.75 Å². The molecule has 1 aromatic heterocycles. The van der Waals surface area contributed by atoms with Crippen molar-refractivity contribution in [3.63, 3.8) is 0 Å². The van der Waals surface area contributed by atoms with Crippen molar-refractivity contribution in [2.24, 2.45) is 0 Å². The lowest BCUT2D eigenvalue weighted by Crippen LogP contribution is -2.11. The molecule has 0 spiro atoms. The van der Waals surface area contributed by atoms with Crippen LogP contribution >= 0.6 is 11.8 Å². The predicted molar refractivity (Wildman–Crippen MR) is 92.9 cm³/mol. The van der Waals surface area contributed by atoms with E-state index in [0.29, 0.717) is 22.3 Å². The van der Waals surface area contributed by atoms with Gasteiger partial charge in [-0.3, -0.25) is 0 Å². The van der Waals surface area contributed by atoms with Gasteiger partial charge in [-0.05, 0) is 42.0 Å². The van der Waals surface area contributed by atoms with Crippen molar-refractivity contribution < 1.29 is 4.74 Å². The fourth-order valence-electron chi connectivity index (χ4n) is 2.19. The standard InChI is InChI=1S/C17H15N5OS/c1-23-15-7-5-14(6-8-15)16-20-21-17(22(16)19)24-11-13-4-2-3-12(9-13)10-18/h2-9H,11,19H2,1H3. The highest BCUT2D eigenvalue weighted by atomic mass is 32.2. The fourth-order valence-corrected chi connectivity index (χ4v) is 2.99. The summed E-state index contributed by atoms with van der Waals surface area (Å²) in [6, 6.07) is 17.1. The maximum Gasteiger partial charge on any atom is 0.210 e. The largest absolute Gasteiger partial charge is 0.497 e. The average molecular weight is 337 g/mol. The average Bonchev–Trinajstić information content (AvgIpc) is 3.01. The molecule has 7 heteroatoms. The number of methoxy groups -OCH3 is 1. The molecular formula is C17H15N5OS. The molecule has 0 radical (unpaired) electrons. The zero-order valence-electron chi connectivity index (χ0n) is 13.0. The van der Waals surface area contributed by atoms with Crippen molar-refractivity contribution in [1.29, 1.82) is 5.26 Å². The van der Waals surface area contributed by atoms with Gasteiger partial charge in [-0.25, -0.2) is 4.68 Å². The van der Waals surface area contributed by atoms with Crippen LogP contribution < -0.4 is 10.6 Å². The number of nitrogens with zero attached hydrogens (tertiary/aromatic N) is 4. The molecular weight excluding hydrogens is 322 g/mol. The molecule has 120 valence electrons. The van der Waals surface area contributed by atoms with Crippen LogP contribution in [0.2, 0.25) is 0 Å². The van der Waals surface area contributed by atoms with E-state index < -0.39 is 0 Å². The molecule has 0 bridgehead atoms. The summed E-state index contributed by atoms with van der Waals surface area (Å²) in [7, 11) is 1.62. The number of thioether (sulfide) groups is 1. The van der Waals surface area contributed by atoms with Crippen LogP contribution in [-0.2, 0) is 5.75 Å². The third-order valence-electron chi connectivity index (χ3n) is 3.44. The van der Waals surface area contributed by atoms with Crippen LogP contribution in [0.15, 0.2) is 53.7 Å². The summed E-state index contributed by atoms with van der Waals surface area (Å²) in [5.41, 5.74) is 2.54. The summed E-state index contributed by atoms with van der Waals surface area (Å²) < 4.78 is 6.62. The second kappa shape index (κ2) is 7.06. The minimum absolute atomic E-state index is 0.589. The van der Waals surface area contributed by atoms with E-state index in [1.54, 1.807) is 13.2 Å².